The molecule has 2 amide bonds. The lowest BCUT2D eigenvalue weighted by Gasteiger charge is -2.13. The predicted octanol–water partition coefficient (Wildman–Crippen LogP) is 4.09. The molecule has 4 rings (SSSR count). The average Bonchev–Trinajstić information content (AvgIpc) is 3.56. The number of hydrogen-bond donors (Lipinski definition) is 4. The molecule has 0 heterocycles. The van der Waals surface area contributed by atoms with E-state index in [0.29, 0.717) is 34.3 Å². The van der Waals surface area contributed by atoms with Gasteiger partial charge in [0.2, 0.25) is 0 Å². The minimum absolute atomic E-state index is 0.129. The van der Waals surface area contributed by atoms with Gasteiger partial charge in [0.25, 0.3) is 5.91 Å². The van der Waals surface area contributed by atoms with E-state index in [-0.39, 0.29) is 18.6 Å². The molecule has 0 radical (unpaired) electrons. The van der Waals surface area contributed by atoms with Crippen LogP contribution >= 0.6 is 0 Å². The number of nitrogens with two attached hydrogens (primary N) is 2. The molecule has 33 heavy (non-hydrogen) atoms. The van der Waals surface area contributed by atoms with Crippen molar-refractivity contribution in [2.45, 2.75) is 25.0 Å². The number of benzene rings is 3. The van der Waals surface area contributed by atoms with Gasteiger partial charge in [-0.05, 0) is 47.9 Å². The van der Waals surface area contributed by atoms with Crippen LogP contribution in [-0.4, -0.2) is 25.2 Å². The Morgan fingerprint density at radius 1 is 1.00 bits per heavy atom. The first kappa shape index (κ1) is 22.2. The average molecular weight is 447 g/mol. The van der Waals surface area contributed by atoms with Gasteiger partial charge in [0.15, 0.2) is 0 Å². The molecule has 3 aromatic rings. The number of nitrogens with one attached hydrogen (secondary N) is 2. The molecular formula is C25H26N4O4. The van der Waals surface area contributed by atoms with E-state index in [1.54, 1.807) is 36.4 Å². The van der Waals surface area contributed by atoms with Crippen LogP contribution in [0.3, 0.4) is 0 Å². The number of ether oxygens (including phenoxy) is 2. The first-order chi connectivity index (χ1) is 15.9. The lowest BCUT2D eigenvalue weighted by Crippen LogP contribution is -2.16. The minimum Gasteiger partial charge on any atom is -0.495 e. The van der Waals surface area contributed by atoms with Crippen molar-refractivity contribution in [1.82, 2.24) is 0 Å². The maximum atomic E-state index is 12.6. The van der Waals surface area contributed by atoms with E-state index in [9.17, 15) is 9.59 Å². The molecule has 2 atom stereocenters. The van der Waals surface area contributed by atoms with E-state index < -0.39 is 6.09 Å². The summed E-state index contributed by atoms with van der Waals surface area (Å²) in [6.07, 6.45) is 0.386. The van der Waals surface area contributed by atoms with Crippen LogP contribution in [0.4, 0.5) is 21.9 Å². The van der Waals surface area contributed by atoms with Crippen LogP contribution in [0, 0.1) is 0 Å². The molecule has 0 spiro atoms. The smallest absolute Gasteiger partial charge is 0.412 e. The Kier molecular flexibility index (Phi) is 6.46. The first-order valence-electron chi connectivity index (χ1n) is 10.6. The third kappa shape index (κ3) is 5.42. The van der Waals surface area contributed by atoms with Crippen molar-refractivity contribution in [3.05, 3.63) is 83.4 Å². The highest BCUT2D eigenvalue weighted by molar-refractivity contribution is 6.06. The second-order valence-corrected chi connectivity index (χ2v) is 7.91. The summed E-state index contributed by atoms with van der Waals surface area (Å²) in [5.74, 6) is 0.410. The third-order valence-corrected chi connectivity index (χ3v) is 5.53. The van der Waals surface area contributed by atoms with Crippen molar-refractivity contribution in [2.75, 3.05) is 23.5 Å². The van der Waals surface area contributed by atoms with Crippen LogP contribution in [-0.2, 0) is 11.3 Å². The summed E-state index contributed by atoms with van der Waals surface area (Å²) in [4.78, 5) is 24.9. The van der Waals surface area contributed by atoms with Crippen LogP contribution < -0.4 is 26.8 Å². The summed E-state index contributed by atoms with van der Waals surface area (Å²) in [5.41, 5.74) is 15.6. The number of carbonyl (C=O) groups is 2. The number of anilines is 3. The normalized spacial score (nSPS) is 16.5. The molecule has 0 aromatic heterocycles. The van der Waals surface area contributed by atoms with Gasteiger partial charge in [-0.1, -0.05) is 36.4 Å². The van der Waals surface area contributed by atoms with E-state index >= 15 is 0 Å². The zero-order valence-electron chi connectivity index (χ0n) is 18.2. The van der Waals surface area contributed by atoms with Gasteiger partial charge < -0.3 is 26.3 Å². The SMILES string of the molecule is COc1cc(C(=O)Nc2ccccc2N)ccc1NC(=O)OCc1ccc([C@H]2C[C@@H]2N)cc1. The maximum absolute atomic E-state index is 12.6. The van der Waals surface area contributed by atoms with Crippen molar-refractivity contribution in [2.24, 2.45) is 5.73 Å². The maximum Gasteiger partial charge on any atom is 0.412 e. The van der Waals surface area contributed by atoms with E-state index in [2.05, 4.69) is 10.6 Å². The van der Waals surface area contributed by atoms with Crippen molar-refractivity contribution in [1.29, 1.82) is 0 Å². The first-order valence-corrected chi connectivity index (χ1v) is 10.6. The standard InChI is InChI=1S/C25H26N4O4/c1-32-23-12-17(24(30)28-21-5-3-2-4-19(21)26)10-11-22(23)29-25(31)33-14-15-6-8-16(9-7-15)18-13-20(18)27/h2-12,18,20H,13-14,26-27H2,1H3,(H,28,30)(H,29,31)/t18-,20+/m1/s1. The molecule has 3 aromatic carbocycles. The molecule has 0 bridgehead atoms. The zero-order valence-corrected chi connectivity index (χ0v) is 18.2. The molecule has 0 aliphatic heterocycles. The fourth-order valence-corrected chi connectivity index (χ4v) is 3.49. The van der Waals surface area contributed by atoms with Crippen molar-refractivity contribution < 1.29 is 19.1 Å². The highest BCUT2D eigenvalue weighted by Gasteiger charge is 2.34. The molecular weight excluding hydrogens is 420 g/mol. The Hall–Kier alpha value is -4.04. The Morgan fingerprint density at radius 3 is 2.39 bits per heavy atom. The molecule has 0 saturated heterocycles. The summed E-state index contributed by atoms with van der Waals surface area (Å²) in [7, 11) is 1.45. The zero-order chi connectivity index (χ0) is 23.4. The van der Waals surface area contributed by atoms with E-state index in [1.165, 1.54) is 18.7 Å². The van der Waals surface area contributed by atoms with Crippen molar-refractivity contribution in [3.8, 4) is 5.75 Å². The van der Waals surface area contributed by atoms with Gasteiger partial charge in [0.1, 0.15) is 12.4 Å². The number of carbonyl (C=O) groups excluding carboxylic acids is 2. The highest BCUT2D eigenvalue weighted by atomic mass is 16.5. The third-order valence-electron chi connectivity index (χ3n) is 5.53. The molecule has 8 nitrogen and oxygen atoms in total. The van der Waals surface area contributed by atoms with Crippen molar-refractivity contribution in [3.63, 3.8) is 0 Å². The minimum atomic E-state index is -0.629. The molecule has 1 aliphatic rings. The van der Waals surface area contributed by atoms with Crippen LogP contribution in [0.25, 0.3) is 0 Å². The Balaban J connectivity index is 1.35. The lowest BCUT2D eigenvalue weighted by molar-refractivity contribution is 0.102. The fraction of sp³-hybridized carbons (Fsp3) is 0.200. The Morgan fingerprint density at radius 2 is 1.73 bits per heavy atom. The molecule has 0 unspecified atom stereocenters. The van der Waals surface area contributed by atoms with Gasteiger partial charge in [0.05, 0.1) is 24.2 Å². The molecule has 170 valence electrons. The molecule has 8 heteroatoms. The highest BCUT2D eigenvalue weighted by Crippen LogP contribution is 2.38. The number of rotatable bonds is 7. The number of para-hydroxylation sites is 2. The monoisotopic (exact) mass is 446 g/mol. The number of hydrogen-bond acceptors (Lipinski definition) is 6. The summed E-state index contributed by atoms with van der Waals surface area (Å²) >= 11 is 0. The van der Waals surface area contributed by atoms with Gasteiger partial charge in [-0.25, -0.2) is 4.79 Å². The van der Waals surface area contributed by atoms with Gasteiger partial charge in [-0.2, -0.15) is 0 Å². The quantitative estimate of drug-likeness (QED) is 0.405. The summed E-state index contributed by atoms with van der Waals surface area (Å²) in [6, 6.07) is 19.8. The van der Waals surface area contributed by atoms with E-state index in [4.69, 9.17) is 20.9 Å². The Labute approximate surface area is 191 Å². The number of nitrogen functional groups attached to an aromatic ring is 1. The summed E-state index contributed by atoms with van der Waals surface area (Å²) < 4.78 is 10.7. The van der Waals surface area contributed by atoms with Crippen LogP contribution in [0.15, 0.2) is 66.7 Å². The Bertz CT molecular complexity index is 1160. The summed E-state index contributed by atoms with van der Waals surface area (Å²) in [5, 5.41) is 5.40. The molecule has 6 N–H and O–H groups in total. The van der Waals surface area contributed by atoms with Crippen LogP contribution in [0.1, 0.15) is 33.8 Å². The second kappa shape index (κ2) is 9.62. The van der Waals surface area contributed by atoms with Crippen molar-refractivity contribution >= 4 is 29.1 Å². The van der Waals surface area contributed by atoms with E-state index in [1.807, 2.05) is 24.3 Å². The van der Waals surface area contributed by atoms with Crippen LogP contribution in [0.5, 0.6) is 5.75 Å². The second-order valence-electron chi connectivity index (χ2n) is 7.91. The summed E-state index contributed by atoms with van der Waals surface area (Å²) in [6.45, 7) is 0.129. The number of methoxy groups -OCH3 is 1. The lowest BCUT2D eigenvalue weighted by atomic mass is 10.1. The van der Waals surface area contributed by atoms with Gasteiger partial charge in [-0.3, -0.25) is 10.1 Å². The topological polar surface area (TPSA) is 129 Å². The van der Waals surface area contributed by atoms with Gasteiger partial charge >= 0.3 is 6.09 Å². The van der Waals surface area contributed by atoms with Gasteiger partial charge in [-0.15, -0.1) is 0 Å². The molecule has 1 saturated carbocycles. The van der Waals surface area contributed by atoms with E-state index in [0.717, 1.165) is 12.0 Å². The van der Waals surface area contributed by atoms with Gasteiger partial charge in [0, 0.05) is 17.5 Å². The number of amides is 2. The molecule has 1 fully saturated rings. The van der Waals surface area contributed by atoms with Crippen LogP contribution in [0.2, 0.25) is 0 Å². The molecule has 1 aliphatic carbocycles. The fourth-order valence-electron chi connectivity index (χ4n) is 3.49. The predicted molar refractivity (Wildman–Crippen MR) is 127 cm³/mol. The largest absolute Gasteiger partial charge is 0.495 e.